The number of ketones is 1. The van der Waals surface area contributed by atoms with Gasteiger partial charge < -0.3 is 10.2 Å². The van der Waals surface area contributed by atoms with Crippen molar-refractivity contribution in [1.82, 2.24) is 4.90 Å². The Labute approximate surface area is 204 Å². The third-order valence-electron chi connectivity index (χ3n) is 6.30. The molecule has 0 radical (unpaired) electrons. The van der Waals surface area contributed by atoms with Gasteiger partial charge in [0.1, 0.15) is 5.69 Å². The summed E-state index contributed by atoms with van der Waals surface area (Å²) in [4.78, 5) is 40.7. The van der Waals surface area contributed by atoms with Gasteiger partial charge in [-0.2, -0.15) is 0 Å². The third-order valence-corrected chi connectivity index (χ3v) is 6.30. The molecule has 1 N–H and O–H groups in total. The standard InChI is InChI=1S/C27H28N4O4/c1-19-7-6-8-20(2)26(19)28-25(32)18-29-13-15-30(16-14-29)23-12-11-22(17-24(23)31(34)35)27(33)21-9-4-3-5-10-21/h3-12,17H,13-16,18H2,1-2H3,(H,28,32). The maximum Gasteiger partial charge on any atom is 0.293 e. The first-order valence-corrected chi connectivity index (χ1v) is 11.5. The quantitative estimate of drug-likeness (QED) is 0.315. The number of carbonyl (C=O) groups excluding carboxylic acids is 2. The molecule has 1 aliphatic heterocycles. The number of nitrogens with zero attached hydrogens (tertiary/aromatic N) is 3. The number of amides is 1. The molecule has 1 fully saturated rings. The highest BCUT2D eigenvalue weighted by atomic mass is 16.6. The number of hydrogen-bond donors (Lipinski definition) is 1. The van der Waals surface area contributed by atoms with Crippen molar-refractivity contribution in [3.05, 3.63) is 99.1 Å². The highest BCUT2D eigenvalue weighted by molar-refractivity contribution is 6.09. The van der Waals surface area contributed by atoms with E-state index in [-0.39, 0.29) is 29.5 Å². The highest BCUT2D eigenvalue weighted by Gasteiger charge is 2.26. The molecule has 0 unspecified atom stereocenters. The van der Waals surface area contributed by atoms with Crippen LogP contribution in [0.25, 0.3) is 0 Å². The SMILES string of the molecule is Cc1cccc(C)c1NC(=O)CN1CCN(c2ccc(C(=O)c3ccccc3)cc2[N+](=O)[O-])CC1. The molecule has 1 aliphatic rings. The molecule has 1 amide bonds. The number of rotatable bonds is 7. The lowest BCUT2D eigenvalue weighted by Gasteiger charge is -2.35. The molecule has 0 spiro atoms. The zero-order valence-electron chi connectivity index (χ0n) is 19.9. The summed E-state index contributed by atoms with van der Waals surface area (Å²) < 4.78 is 0. The van der Waals surface area contributed by atoms with Gasteiger partial charge in [0.25, 0.3) is 5.69 Å². The van der Waals surface area contributed by atoms with Crippen LogP contribution in [0.1, 0.15) is 27.0 Å². The normalized spacial score (nSPS) is 13.9. The first kappa shape index (κ1) is 24.1. The molecule has 0 saturated carbocycles. The van der Waals surface area contributed by atoms with E-state index in [2.05, 4.69) is 5.32 Å². The van der Waals surface area contributed by atoms with Gasteiger partial charge in [-0.1, -0.05) is 48.5 Å². The lowest BCUT2D eigenvalue weighted by Crippen LogP contribution is -2.48. The van der Waals surface area contributed by atoms with Gasteiger partial charge in [-0.15, -0.1) is 0 Å². The predicted molar refractivity (Wildman–Crippen MR) is 136 cm³/mol. The molecule has 1 saturated heterocycles. The minimum atomic E-state index is -0.443. The summed E-state index contributed by atoms with van der Waals surface area (Å²) in [6, 6.07) is 19.3. The van der Waals surface area contributed by atoms with Crippen LogP contribution in [0.2, 0.25) is 0 Å². The van der Waals surface area contributed by atoms with Gasteiger partial charge in [0.15, 0.2) is 5.78 Å². The van der Waals surface area contributed by atoms with Gasteiger partial charge in [0.2, 0.25) is 5.91 Å². The number of nitro groups is 1. The molecule has 0 atom stereocenters. The Bertz CT molecular complexity index is 1230. The fraction of sp³-hybridized carbons (Fsp3) is 0.259. The van der Waals surface area contributed by atoms with E-state index in [9.17, 15) is 19.7 Å². The fourth-order valence-corrected chi connectivity index (χ4v) is 4.38. The zero-order chi connectivity index (χ0) is 24.9. The Morgan fingerprint density at radius 3 is 2.17 bits per heavy atom. The smallest absolute Gasteiger partial charge is 0.293 e. The maximum absolute atomic E-state index is 12.7. The molecule has 0 bridgehead atoms. The summed E-state index contributed by atoms with van der Waals surface area (Å²) in [6.45, 7) is 6.48. The number of para-hydroxylation sites is 1. The largest absolute Gasteiger partial charge is 0.363 e. The van der Waals surface area contributed by atoms with Crippen LogP contribution in [0.4, 0.5) is 17.1 Å². The lowest BCUT2D eigenvalue weighted by molar-refractivity contribution is -0.384. The van der Waals surface area contributed by atoms with E-state index < -0.39 is 4.92 Å². The molecular weight excluding hydrogens is 444 g/mol. The second-order valence-corrected chi connectivity index (χ2v) is 8.73. The topological polar surface area (TPSA) is 95.8 Å². The third kappa shape index (κ3) is 5.55. The number of carbonyl (C=O) groups is 2. The zero-order valence-corrected chi connectivity index (χ0v) is 19.9. The van der Waals surface area contributed by atoms with E-state index >= 15 is 0 Å². The molecular formula is C27H28N4O4. The number of piperazine rings is 1. The number of hydrogen-bond acceptors (Lipinski definition) is 6. The van der Waals surface area contributed by atoms with Crippen LogP contribution in [-0.2, 0) is 4.79 Å². The number of benzene rings is 3. The van der Waals surface area contributed by atoms with Gasteiger partial charge in [-0.3, -0.25) is 24.6 Å². The average molecular weight is 473 g/mol. The fourth-order valence-electron chi connectivity index (χ4n) is 4.38. The van der Waals surface area contributed by atoms with Crippen molar-refractivity contribution in [3.8, 4) is 0 Å². The molecule has 0 aromatic heterocycles. The second-order valence-electron chi connectivity index (χ2n) is 8.73. The van der Waals surface area contributed by atoms with Crippen LogP contribution < -0.4 is 10.2 Å². The van der Waals surface area contributed by atoms with Crippen LogP contribution >= 0.6 is 0 Å². The first-order valence-electron chi connectivity index (χ1n) is 11.5. The summed E-state index contributed by atoms with van der Waals surface area (Å²) in [5.41, 5.74) is 4.05. The highest BCUT2D eigenvalue weighted by Crippen LogP contribution is 2.31. The number of aryl methyl sites for hydroxylation is 2. The Hall–Kier alpha value is -4.04. The van der Waals surface area contributed by atoms with Crippen molar-refractivity contribution in [3.63, 3.8) is 0 Å². The molecule has 3 aromatic carbocycles. The van der Waals surface area contributed by atoms with E-state index in [0.717, 1.165) is 16.8 Å². The van der Waals surface area contributed by atoms with Crippen LogP contribution in [0.3, 0.4) is 0 Å². The molecule has 4 rings (SSSR count). The maximum atomic E-state index is 12.7. The Kier molecular flexibility index (Phi) is 7.22. The van der Waals surface area contributed by atoms with Gasteiger partial charge in [-0.05, 0) is 37.1 Å². The van der Waals surface area contributed by atoms with Crippen molar-refractivity contribution < 1.29 is 14.5 Å². The summed E-state index contributed by atoms with van der Waals surface area (Å²) in [5.74, 6) is -0.328. The van der Waals surface area contributed by atoms with Crippen LogP contribution in [-0.4, -0.2) is 54.2 Å². The summed E-state index contributed by atoms with van der Waals surface area (Å²) in [7, 11) is 0. The first-order chi connectivity index (χ1) is 16.8. The second kappa shape index (κ2) is 10.5. The van der Waals surface area contributed by atoms with Gasteiger partial charge in [0, 0.05) is 49.1 Å². The van der Waals surface area contributed by atoms with Crippen LogP contribution in [0, 0.1) is 24.0 Å². The van der Waals surface area contributed by atoms with E-state index in [1.807, 2.05) is 47.9 Å². The summed E-state index contributed by atoms with van der Waals surface area (Å²) >= 11 is 0. The van der Waals surface area contributed by atoms with E-state index in [1.165, 1.54) is 6.07 Å². The minimum absolute atomic E-state index is 0.0781. The van der Waals surface area contributed by atoms with Crippen LogP contribution in [0.5, 0.6) is 0 Å². The van der Waals surface area contributed by atoms with Crippen molar-refractivity contribution in [2.45, 2.75) is 13.8 Å². The lowest BCUT2D eigenvalue weighted by atomic mass is 10.0. The number of anilines is 2. The van der Waals surface area contributed by atoms with Gasteiger partial charge >= 0.3 is 0 Å². The van der Waals surface area contributed by atoms with Crippen molar-refractivity contribution >= 4 is 28.8 Å². The Morgan fingerprint density at radius 2 is 1.54 bits per heavy atom. The van der Waals surface area contributed by atoms with Gasteiger partial charge in [-0.25, -0.2) is 0 Å². The van der Waals surface area contributed by atoms with Crippen LogP contribution in [0.15, 0.2) is 66.7 Å². The van der Waals surface area contributed by atoms with E-state index in [0.29, 0.717) is 37.4 Å². The molecule has 8 nitrogen and oxygen atoms in total. The average Bonchev–Trinajstić information content (AvgIpc) is 2.86. The molecule has 35 heavy (non-hydrogen) atoms. The Balaban J connectivity index is 1.41. The van der Waals surface area contributed by atoms with Gasteiger partial charge in [0.05, 0.1) is 11.5 Å². The molecule has 0 aliphatic carbocycles. The van der Waals surface area contributed by atoms with E-state index in [4.69, 9.17) is 0 Å². The summed E-state index contributed by atoms with van der Waals surface area (Å²) in [5, 5.41) is 14.8. The molecule has 3 aromatic rings. The molecule has 1 heterocycles. The number of nitrogens with one attached hydrogen (secondary N) is 1. The molecule has 180 valence electrons. The number of nitro benzene ring substituents is 1. The van der Waals surface area contributed by atoms with Crippen molar-refractivity contribution in [1.29, 1.82) is 0 Å². The Morgan fingerprint density at radius 1 is 0.886 bits per heavy atom. The molecule has 8 heteroatoms. The van der Waals surface area contributed by atoms with Crippen molar-refractivity contribution in [2.75, 3.05) is 42.9 Å². The van der Waals surface area contributed by atoms with E-state index in [1.54, 1.807) is 36.4 Å². The summed E-state index contributed by atoms with van der Waals surface area (Å²) in [6.07, 6.45) is 0. The van der Waals surface area contributed by atoms with Crippen molar-refractivity contribution in [2.24, 2.45) is 0 Å². The monoisotopic (exact) mass is 472 g/mol. The predicted octanol–water partition coefficient (Wildman–Crippen LogP) is 4.20. The minimum Gasteiger partial charge on any atom is -0.363 e.